The number of benzene rings is 1. The molecule has 0 saturated heterocycles. The van der Waals surface area contributed by atoms with E-state index in [9.17, 15) is 9.59 Å². The number of Topliss-reactive ketones (excluding diaryl/α,β-unsaturated/α-hetero) is 1. The molecule has 0 amide bonds. The summed E-state index contributed by atoms with van der Waals surface area (Å²) in [5, 5.41) is 3.33. The van der Waals surface area contributed by atoms with Gasteiger partial charge < -0.3 is 14.8 Å². The monoisotopic (exact) mass is 333 g/mol. The first-order valence-corrected chi connectivity index (χ1v) is 8.69. The highest BCUT2D eigenvalue weighted by molar-refractivity contribution is 5.94. The number of nitrogens with one attached hydrogen (secondary N) is 1. The SMILES string of the molecule is CCOC(=O)[C@@](CC)(Nc1ccc(OC)cc1)[C@@H]1CCCCC1=O. The van der Waals surface area contributed by atoms with Crippen LogP contribution in [-0.4, -0.2) is 31.0 Å². The Kier molecular flexibility index (Phi) is 6.23. The van der Waals surface area contributed by atoms with E-state index in [4.69, 9.17) is 9.47 Å². The van der Waals surface area contributed by atoms with Gasteiger partial charge in [-0.2, -0.15) is 0 Å². The number of carbonyl (C=O) groups is 2. The Labute approximate surface area is 143 Å². The number of hydrogen-bond acceptors (Lipinski definition) is 5. The van der Waals surface area contributed by atoms with Gasteiger partial charge >= 0.3 is 5.97 Å². The van der Waals surface area contributed by atoms with Crippen LogP contribution in [0.2, 0.25) is 0 Å². The largest absolute Gasteiger partial charge is 0.497 e. The predicted molar refractivity (Wildman–Crippen MR) is 93.2 cm³/mol. The van der Waals surface area contributed by atoms with Crippen LogP contribution in [-0.2, 0) is 14.3 Å². The number of rotatable bonds is 7. The summed E-state index contributed by atoms with van der Waals surface area (Å²) in [6.07, 6.45) is 3.61. The molecule has 0 radical (unpaired) electrons. The van der Waals surface area contributed by atoms with E-state index in [0.717, 1.165) is 24.3 Å². The van der Waals surface area contributed by atoms with Gasteiger partial charge in [-0.1, -0.05) is 13.3 Å². The highest BCUT2D eigenvalue weighted by Crippen LogP contribution is 2.36. The number of ketones is 1. The van der Waals surface area contributed by atoms with Gasteiger partial charge in [-0.3, -0.25) is 4.79 Å². The molecule has 0 spiro atoms. The molecule has 1 fully saturated rings. The second kappa shape index (κ2) is 8.18. The Balaban J connectivity index is 2.35. The molecule has 2 rings (SSSR count). The molecule has 1 saturated carbocycles. The Hall–Kier alpha value is -2.04. The molecule has 0 aromatic heterocycles. The van der Waals surface area contributed by atoms with Crippen molar-refractivity contribution in [2.24, 2.45) is 5.92 Å². The van der Waals surface area contributed by atoms with E-state index in [1.807, 2.05) is 31.2 Å². The molecule has 1 N–H and O–H groups in total. The fourth-order valence-electron chi connectivity index (χ4n) is 3.46. The molecule has 5 nitrogen and oxygen atoms in total. The average Bonchev–Trinajstić information content (AvgIpc) is 2.61. The third kappa shape index (κ3) is 3.71. The van der Waals surface area contributed by atoms with Crippen LogP contribution in [0.1, 0.15) is 46.0 Å². The highest BCUT2D eigenvalue weighted by atomic mass is 16.5. The van der Waals surface area contributed by atoms with Gasteiger partial charge in [0.2, 0.25) is 0 Å². The van der Waals surface area contributed by atoms with Crippen molar-refractivity contribution in [2.45, 2.75) is 51.5 Å². The van der Waals surface area contributed by atoms with Crippen LogP contribution in [0.4, 0.5) is 5.69 Å². The molecule has 1 aromatic rings. The van der Waals surface area contributed by atoms with Gasteiger partial charge in [0.25, 0.3) is 0 Å². The molecule has 1 aliphatic carbocycles. The molecule has 2 atom stereocenters. The van der Waals surface area contributed by atoms with Crippen LogP contribution in [0, 0.1) is 5.92 Å². The zero-order valence-corrected chi connectivity index (χ0v) is 14.8. The van der Waals surface area contributed by atoms with Gasteiger partial charge in [0.1, 0.15) is 17.1 Å². The number of carbonyl (C=O) groups excluding carboxylic acids is 2. The summed E-state index contributed by atoms with van der Waals surface area (Å²) in [6.45, 7) is 4.01. The van der Waals surface area contributed by atoms with Crippen molar-refractivity contribution in [1.82, 2.24) is 0 Å². The lowest BCUT2D eigenvalue weighted by atomic mass is 9.72. The minimum Gasteiger partial charge on any atom is -0.497 e. The number of hydrogen-bond donors (Lipinski definition) is 1. The normalized spacial score (nSPS) is 20.1. The standard InChI is InChI=1S/C19H27NO4/c1-4-19(18(22)24-5-2,16-8-6-7-9-17(16)21)20-14-10-12-15(23-3)13-11-14/h10-13,16,20H,4-9H2,1-3H3/t16-,19+/m1/s1. The van der Waals surface area contributed by atoms with Crippen molar-refractivity contribution in [3.05, 3.63) is 24.3 Å². The first kappa shape index (κ1) is 18.3. The van der Waals surface area contributed by atoms with E-state index in [1.165, 1.54) is 0 Å². The lowest BCUT2D eigenvalue weighted by Crippen LogP contribution is -2.56. The van der Waals surface area contributed by atoms with Crippen molar-refractivity contribution >= 4 is 17.4 Å². The van der Waals surface area contributed by atoms with E-state index in [1.54, 1.807) is 14.0 Å². The van der Waals surface area contributed by atoms with E-state index < -0.39 is 5.54 Å². The molecule has 0 heterocycles. The first-order chi connectivity index (χ1) is 11.6. The zero-order chi connectivity index (χ0) is 17.6. The first-order valence-electron chi connectivity index (χ1n) is 8.69. The number of methoxy groups -OCH3 is 1. The molecular weight excluding hydrogens is 306 g/mol. The average molecular weight is 333 g/mol. The molecule has 132 valence electrons. The van der Waals surface area contributed by atoms with E-state index >= 15 is 0 Å². The zero-order valence-electron chi connectivity index (χ0n) is 14.8. The van der Waals surface area contributed by atoms with Gasteiger partial charge in [-0.15, -0.1) is 0 Å². The number of ether oxygens (including phenoxy) is 2. The van der Waals surface area contributed by atoms with Gasteiger partial charge in [0, 0.05) is 12.1 Å². The van der Waals surface area contributed by atoms with E-state index in [2.05, 4.69) is 5.32 Å². The molecule has 1 aromatic carbocycles. The third-order valence-corrected chi connectivity index (χ3v) is 4.80. The van der Waals surface area contributed by atoms with Crippen LogP contribution >= 0.6 is 0 Å². The summed E-state index contributed by atoms with van der Waals surface area (Å²) < 4.78 is 10.5. The van der Waals surface area contributed by atoms with Gasteiger partial charge in [0.15, 0.2) is 0 Å². The fraction of sp³-hybridized carbons (Fsp3) is 0.579. The van der Waals surface area contributed by atoms with Crippen molar-refractivity contribution in [1.29, 1.82) is 0 Å². The smallest absolute Gasteiger partial charge is 0.332 e. The third-order valence-electron chi connectivity index (χ3n) is 4.80. The lowest BCUT2D eigenvalue weighted by molar-refractivity contribution is -0.154. The quantitative estimate of drug-likeness (QED) is 0.773. The molecule has 0 aliphatic heterocycles. The van der Waals surface area contributed by atoms with Gasteiger partial charge in [-0.05, 0) is 50.5 Å². The van der Waals surface area contributed by atoms with E-state index in [-0.39, 0.29) is 17.7 Å². The van der Waals surface area contributed by atoms with Gasteiger partial charge in [-0.25, -0.2) is 4.79 Å². The summed E-state index contributed by atoms with van der Waals surface area (Å²) in [7, 11) is 1.61. The van der Waals surface area contributed by atoms with Crippen molar-refractivity contribution in [2.75, 3.05) is 19.0 Å². The van der Waals surface area contributed by atoms with Crippen LogP contribution < -0.4 is 10.1 Å². The second-order valence-electron chi connectivity index (χ2n) is 6.16. The lowest BCUT2D eigenvalue weighted by Gasteiger charge is -2.40. The van der Waals surface area contributed by atoms with E-state index in [0.29, 0.717) is 25.9 Å². The van der Waals surface area contributed by atoms with Crippen LogP contribution in [0.25, 0.3) is 0 Å². The maximum atomic E-state index is 12.8. The van der Waals surface area contributed by atoms with Crippen molar-refractivity contribution < 1.29 is 19.1 Å². The van der Waals surface area contributed by atoms with Crippen molar-refractivity contribution in [3.8, 4) is 5.75 Å². The Morgan fingerprint density at radius 1 is 1.25 bits per heavy atom. The molecule has 5 heteroatoms. The maximum absolute atomic E-state index is 12.8. The fourth-order valence-corrected chi connectivity index (χ4v) is 3.46. The highest BCUT2D eigenvalue weighted by Gasteiger charge is 2.49. The molecule has 1 aliphatic rings. The van der Waals surface area contributed by atoms with Crippen LogP contribution in [0.3, 0.4) is 0 Å². The minimum atomic E-state index is -1.01. The molecule has 0 bridgehead atoms. The number of esters is 1. The number of anilines is 1. The Morgan fingerprint density at radius 3 is 2.50 bits per heavy atom. The summed E-state index contributed by atoms with van der Waals surface area (Å²) in [5.74, 6) is 0.200. The summed E-state index contributed by atoms with van der Waals surface area (Å²) in [5.41, 5.74) is -0.230. The Bertz CT molecular complexity index is 569. The minimum absolute atomic E-state index is 0.150. The second-order valence-corrected chi connectivity index (χ2v) is 6.16. The topological polar surface area (TPSA) is 64.6 Å². The molecule has 0 unspecified atom stereocenters. The molecule has 24 heavy (non-hydrogen) atoms. The summed E-state index contributed by atoms with van der Waals surface area (Å²) in [6, 6.07) is 7.37. The van der Waals surface area contributed by atoms with Gasteiger partial charge in [0.05, 0.1) is 19.6 Å². The summed E-state index contributed by atoms with van der Waals surface area (Å²) >= 11 is 0. The Morgan fingerprint density at radius 2 is 1.96 bits per heavy atom. The summed E-state index contributed by atoms with van der Waals surface area (Å²) in [4.78, 5) is 25.3. The van der Waals surface area contributed by atoms with Crippen molar-refractivity contribution in [3.63, 3.8) is 0 Å². The molecular formula is C19H27NO4. The van der Waals surface area contributed by atoms with Crippen LogP contribution in [0.15, 0.2) is 24.3 Å². The maximum Gasteiger partial charge on any atom is 0.332 e. The predicted octanol–water partition coefficient (Wildman–Crippen LogP) is 3.58. The van der Waals surface area contributed by atoms with Crippen LogP contribution in [0.5, 0.6) is 5.75 Å².